The maximum atomic E-state index is 11.3. The molecule has 13 heavy (non-hydrogen) atoms. The number of nitrogens with zero attached hydrogens (tertiary/aromatic N) is 4. The van der Waals surface area contributed by atoms with Gasteiger partial charge in [0.2, 0.25) is 0 Å². The number of hydrogen-bond acceptors (Lipinski definition) is 4. The SMILES string of the molecule is CCc1cn2c(=O)ccnc2nn1. The maximum Gasteiger partial charge on any atom is 0.259 e. The molecule has 66 valence electrons. The molecule has 0 bridgehead atoms. The summed E-state index contributed by atoms with van der Waals surface area (Å²) in [5.74, 6) is 0.338. The van der Waals surface area contributed by atoms with Crippen molar-refractivity contribution in [3.63, 3.8) is 0 Å². The Morgan fingerprint density at radius 2 is 2.31 bits per heavy atom. The van der Waals surface area contributed by atoms with Crippen LogP contribution < -0.4 is 5.56 Å². The van der Waals surface area contributed by atoms with Gasteiger partial charge in [0.25, 0.3) is 11.3 Å². The minimum atomic E-state index is -0.130. The zero-order valence-electron chi connectivity index (χ0n) is 7.14. The van der Waals surface area contributed by atoms with E-state index in [0.717, 1.165) is 12.1 Å². The molecule has 0 N–H and O–H groups in total. The summed E-state index contributed by atoms with van der Waals surface area (Å²) >= 11 is 0. The van der Waals surface area contributed by atoms with Crippen molar-refractivity contribution in [1.29, 1.82) is 0 Å². The topological polar surface area (TPSA) is 60.2 Å². The zero-order valence-corrected chi connectivity index (χ0v) is 7.14. The minimum absolute atomic E-state index is 0.130. The number of aryl methyl sites for hydroxylation is 1. The van der Waals surface area contributed by atoms with Crippen molar-refractivity contribution in [2.24, 2.45) is 0 Å². The lowest BCUT2D eigenvalue weighted by molar-refractivity contribution is 0.847. The third-order valence-electron chi connectivity index (χ3n) is 1.77. The van der Waals surface area contributed by atoms with Crippen molar-refractivity contribution in [2.45, 2.75) is 13.3 Å². The highest BCUT2D eigenvalue weighted by molar-refractivity contribution is 5.24. The van der Waals surface area contributed by atoms with Gasteiger partial charge in [-0.3, -0.25) is 4.79 Å². The van der Waals surface area contributed by atoms with Crippen LogP contribution in [0.3, 0.4) is 0 Å². The Hall–Kier alpha value is -1.78. The van der Waals surface area contributed by atoms with Crippen molar-refractivity contribution in [3.05, 3.63) is 34.5 Å². The Labute approximate surface area is 74.1 Å². The van der Waals surface area contributed by atoms with Gasteiger partial charge in [-0.05, 0) is 6.42 Å². The fraction of sp³-hybridized carbons (Fsp3) is 0.250. The summed E-state index contributed by atoms with van der Waals surface area (Å²) in [4.78, 5) is 15.2. The molecule has 0 spiro atoms. The van der Waals surface area contributed by atoms with Gasteiger partial charge in [0.15, 0.2) is 0 Å². The fourth-order valence-electron chi connectivity index (χ4n) is 1.05. The van der Waals surface area contributed by atoms with Crippen LogP contribution in [0.2, 0.25) is 0 Å². The Bertz CT molecular complexity index is 491. The second kappa shape index (κ2) is 2.93. The normalized spacial score (nSPS) is 10.5. The van der Waals surface area contributed by atoms with Gasteiger partial charge in [-0.25, -0.2) is 9.38 Å². The predicted octanol–water partition coefficient (Wildman–Crippen LogP) is 0.0469. The first-order valence-electron chi connectivity index (χ1n) is 4.01. The van der Waals surface area contributed by atoms with Crippen molar-refractivity contribution in [3.8, 4) is 0 Å². The number of fused-ring (bicyclic) bond motifs is 1. The van der Waals surface area contributed by atoms with E-state index in [0.29, 0.717) is 5.78 Å². The van der Waals surface area contributed by atoms with Crippen molar-refractivity contribution < 1.29 is 0 Å². The maximum absolute atomic E-state index is 11.3. The minimum Gasteiger partial charge on any atom is -0.269 e. The Morgan fingerprint density at radius 1 is 1.46 bits per heavy atom. The van der Waals surface area contributed by atoms with Crippen LogP contribution in [0.25, 0.3) is 5.78 Å². The highest BCUT2D eigenvalue weighted by atomic mass is 16.1. The van der Waals surface area contributed by atoms with Crippen LogP contribution in [-0.4, -0.2) is 19.6 Å². The molecule has 0 aliphatic rings. The van der Waals surface area contributed by atoms with Gasteiger partial charge in [-0.2, -0.15) is 5.10 Å². The monoisotopic (exact) mass is 176 g/mol. The Morgan fingerprint density at radius 3 is 3.08 bits per heavy atom. The second-order valence-corrected chi connectivity index (χ2v) is 2.63. The van der Waals surface area contributed by atoms with E-state index in [4.69, 9.17) is 0 Å². The van der Waals surface area contributed by atoms with E-state index in [2.05, 4.69) is 15.2 Å². The van der Waals surface area contributed by atoms with E-state index < -0.39 is 0 Å². The smallest absolute Gasteiger partial charge is 0.259 e. The first-order chi connectivity index (χ1) is 6.31. The van der Waals surface area contributed by atoms with Crippen molar-refractivity contribution in [2.75, 3.05) is 0 Å². The predicted molar refractivity (Wildman–Crippen MR) is 46.4 cm³/mol. The third-order valence-corrected chi connectivity index (χ3v) is 1.77. The zero-order chi connectivity index (χ0) is 9.26. The fourth-order valence-corrected chi connectivity index (χ4v) is 1.05. The van der Waals surface area contributed by atoms with Crippen LogP contribution in [0.5, 0.6) is 0 Å². The molecule has 2 heterocycles. The van der Waals surface area contributed by atoms with Crippen LogP contribution in [0.4, 0.5) is 0 Å². The molecule has 0 radical (unpaired) electrons. The van der Waals surface area contributed by atoms with Crippen molar-refractivity contribution in [1.82, 2.24) is 19.6 Å². The van der Waals surface area contributed by atoms with Gasteiger partial charge in [-0.15, -0.1) is 5.10 Å². The molecule has 0 atom stereocenters. The average molecular weight is 176 g/mol. The summed E-state index contributed by atoms with van der Waals surface area (Å²) in [6.45, 7) is 1.96. The van der Waals surface area contributed by atoms with E-state index in [1.165, 1.54) is 16.7 Å². The van der Waals surface area contributed by atoms with E-state index in [1.54, 1.807) is 6.20 Å². The molecule has 5 heteroatoms. The largest absolute Gasteiger partial charge is 0.269 e. The summed E-state index contributed by atoms with van der Waals surface area (Å²) in [7, 11) is 0. The number of hydrogen-bond donors (Lipinski definition) is 0. The molecule has 0 amide bonds. The van der Waals surface area contributed by atoms with Crippen molar-refractivity contribution >= 4 is 5.78 Å². The van der Waals surface area contributed by atoms with Crippen LogP contribution >= 0.6 is 0 Å². The lowest BCUT2D eigenvalue weighted by Crippen LogP contribution is -2.15. The Balaban J connectivity index is 2.82. The van der Waals surface area contributed by atoms with Gasteiger partial charge in [-0.1, -0.05) is 6.92 Å². The highest BCUT2D eigenvalue weighted by Crippen LogP contribution is 1.93. The Kier molecular flexibility index (Phi) is 1.77. The molecule has 0 fully saturated rings. The molecule has 2 aromatic rings. The summed E-state index contributed by atoms with van der Waals surface area (Å²) in [5, 5.41) is 7.71. The third kappa shape index (κ3) is 1.28. The summed E-state index contributed by atoms with van der Waals surface area (Å²) < 4.78 is 1.39. The first kappa shape index (κ1) is 7.85. The standard InChI is InChI=1S/C8H8N4O/c1-2-6-5-12-7(13)3-4-9-8(12)11-10-6/h3-5H,2H2,1H3. The number of aromatic nitrogens is 4. The molecule has 0 aliphatic heterocycles. The van der Waals surface area contributed by atoms with Crippen LogP contribution in [-0.2, 0) is 6.42 Å². The second-order valence-electron chi connectivity index (χ2n) is 2.63. The van der Waals surface area contributed by atoms with E-state index in [-0.39, 0.29) is 5.56 Å². The van der Waals surface area contributed by atoms with E-state index >= 15 is 0 Å². The van der Waals surface area contributed by atoms with Crippen LogP contribution in [0.15, 0.2) is 23.3 Å². The van der Waals surface area contributed by atoms with Gasteiger partial charge in [0.05, 0.1) is 5.69 Å². The summed E-state index contributed by atoms with van der Waals surface area (Å²) in [5.41, 5.74) is 0.650. The van der Waals surface area contributed by atoms with Gasteiger partial charge in [0.1, 0.15) is 0 Å². The van der Waals surface area contributed by atoms with E-state index in [9.17, 15) is 4.79 Å². The molecule has 0 aromatic carbocycles. The van der Waals surface area contributed by atoms with E-state index in [1.807, 2.05) is 6.92 Å². The molecule has 0 saturated carbocycles. The van der Waals surface area contributed by atoms with Crippen LogP contribution in [0.1, 0.15) is 12.6 Å². The van der Waals surface area contributed by atoms with Gasteiger partial charge >= 0.3 is 0 Å². The van der Waals surface area contributed by atoms with Gasteiger partial charge < -0.3 is 0 Å². The molecule has 2 aromatic heterocycles. The summed E-state index contributed by atoms with van der Waals surface area (Å²) in [6.07, 6.45) is 3.85. The lowest BCUT2D eigenvalue weighted by atomic mass is 10.4. The lowest BCUT2D eigenvalue weighted by Gasteiger charge is -1.98. The highest BCUT2D eigenvalue weighted by Gasteiger charge is 1.99. The van der Waals surface area contributed by atoms with Gasteiger partial charge in [0, 0.05) is 18.5 Å². The quantitative estimate of drug-likeness (QED) is 0.615. The number of rotatable bonds is 1. The molecule has 0 aliphatic carbocycles. The average Bonchev–Trinajstić information content (AvgIpc) is 2.18. The molecular formula is C8H8N4O. The molecule has 5 nitrogen and oxygen atoms in total. The first-order valence-corrected chi connectivity index (χ1v) is 4.01. The molecule has 0 unspecified atom stereocenters. The molecular weight excluding hydrogens is 168 g/mol. The summed E-state index contributed by atoms with van der Waals surface area (Å²) in [6, 6.07) is 1.40. The molecule has 2 rings (SSSR count). The molecule has 0 saturated heterocycles. The van der Waals surface area contributed by atoms with Crippen LogP contribution in [0, 0.1) is 0 Å².